The van der Waals surface area contributed by atoms with Gasteiger partial charge in [0.1, 0.15) is 6.04 Å². The third kappa shape index (κ3) is 1.77. The normalized spacial score (nSPS) is 18.5. The van der Waals surface area contributed by atoms with Gasteiger partial charge in [0.15, 0.2) is 11.5 Å². The van der Waals surface area contributed by atoms with E-state index in [1.54, 1.807) is 20.3 Å². The van der Waals surface area contributed by atoms with Crippen molar-refractivity contribution in [2.75, 3.05) is 31.5 Å². The SMILES string of the molecule is COc1cc2c(cc1OC)N(C)C(C)C(=O)N2. The molecule has 0 aromatic heterocycles. The molecule has 0 radical (unpaired) electrons. The first-order chi connectivity index (χ1) is 8.08. The molecule has 2 rings (SSSR count). The van der Waals surface area contributed by atoms with Crippen LogP contribution in [0.4, 0.5) is 11.4 Å². The summed E-state index contributed by atoms with van der Waals surface area (Å²) in [5.41, 5.74) is 1.67. The molecule has 0 aliphatic carbocycles. The minimum Gasteiger partial charge on any atom is -0.493 e. The fourth-order valence-electron chi connectivity index (χ4n) is 1.88. The first kappa shape index (κ1) is 11.6. The second-order valence-electron chi connectivity index (χ2n) is 4.00. The first-order valence-corrected chi connectivity index (χ1v) is 5.38. The van der Waals surface area contributed by atoms with Crippen LogP contribution in [0.5, 0.6) is 11.5 Å². The van der Waals surface area contributed by atoms with Gasteiger partial charge in [-0.1, -0.05) is 0 Å². The van der Waals surface area contributed by atoms with Crippen LogP contribution < -0.4 is 19.7 Å². The summed E-state index contributed by atoms with van der Waals surface area (Å²) in [5.74, 6) is 1.24. The third-order valence-corrected chi connectivity index (χ3v) is 3.10. The van der Waals surface area contributed by atoms with Crippen molar-refractivity contribution in [1.82, 2.24) is 0 Å². The lowest BCUT2D eigenvalue weighted by atomic mass is 10.1. The minimum absolute atomic E-state index is 0.0211. The largest absolute Gasteiger partial charge is 0.493 e. The molecule has 0 saturated carbocycles. The highest BCUT2D eigenvalue weighted by Crippen LogP contribution is 2.40. The molecular weight excluding hydrogens is 220 g/mol. The molecule has 1 unspecified atom stereocenters. The Morgan fingerprint density at radius 2 is 1.82 bits per heavy atom. The van der Waals surface area contributed by atoms with Crippen LogP contribution in [-0.4, -0.2) is 33.2 Å². The summed E-state index contributed by atoms with van der Waals surface area (Å²) in [6, 6.07) is 3.44. The Balaban J connectivity index is 2.53. The molecule has 0 fully saturated rings. The summed E-state index contributed by atoms with van der Waals surface area (Å²) < 4.78 is 10.5. The average molecular weight is 236 g/mol. The summed E-state index contributed by atoms with van der Waals surface area (Å²) in [7, 11) is 5.05. The molecule has 1 aromatic carbocycles. The fourth-order valence-corrected chi connectivity index (χ4v) is 1.88. The van der Waals surface area contributed by atoms with Gasteiger partial charge in [-0.25, -0.2) is 0 Å². The number of benzene rings is 1. The molecule has 1 aliphatic heterocycles. The number of carbonyl (C=O) groups is 1. The van der Waals surface area contributed by atoms with Crippen LogP contribution in [0.1, 0.15) is 6.92 Å². The number of amides is 1. The van der Waals surface area contributed by atoms with Crippen molar-refractivity contribution in [3.63, 3.8) is 0 Å². The highest BCUT2D eigenvalue weighted by molar-refractivity contribution is 6.03. The van der Waals surface area contributed by atoms with E-state index < -0.39 is 0 Å². The molecule has 5 nitrogen and oxygen atoms in total. The number of carbonyl (C=O) groups excluding carboxylic acids is 1. The van der Waals surface area contributed by atoms with E-state index in [-0.39, 0.29) is 11.9 Å². The summed E-state index contributed by atoms with van der Waals surface area (Å²) in [5, 5.41) is 2.85. The number of nitrogens with one attached hydrogen (secondary N) is 1. The lowest BCUT2D eigenvalue weighted by Crippen LogP contribution is -2.43. The van der Waals surface area contributed by atoms with Crippen molar-refractivity contribution in [3.05, 3.63) is 12.1 Å². The first-order valence-electron chi connectivity index (χ1n) is 5.38. The number of fused-ring (bicyclic) bond motifs is 1. The van der Waals surface area contributed by atoms with Gasteiger partial charge in [0.25, 0.3) is 0 Å². The smallest absolute Gasteiger partial charge is 0.246 e. The van der Waals surface area contributed by atoms with Gasteiger partial charge in [0.2, 0.25) is 5.91 Å². The molecule has 17 heavy (non-hydrogen) atoms. The lowest BCUT2D eigenvalue weighted by Gasteiger charge is -2.33. The zero-order valence-corrected chi connectivity index (χ0v) is 10.4. The summed E-state index contributed by atoms with van der Waals surface area (Å²) in [6.45, 7) is 1.86. The van der Waals surface area contributed by atoms with E-state index >= 15 is 0 Å². The molecule has 92 valence electrons. The molecule has 1 aromatic rings. The maximum Gasteiger partial charge on any atom is 0.246 e. The van der Waals surface area contributed by atoms with Gasteiger partial charge in [0, 0.05) is 19.2 Å². The Bertz CT molecular complexity index is 459. The van der Waals surface area contributed by atoms with Crippen molar-refractivity contribution >= 4 is 17.3 Å². The van der Waals surface area contributed by atoms with Crippen molar-refractivity contribution in [2.45, 2.75) is 13.0 Å². The quantitative estimate of drug-likeness (QED) is 0.845. The van der Waals surface area contributed by atoms with Crippen LogP contribution in [-0.2, 0) is 4.79 Å². The number of anilines is 2. The van der Waals surface area contributed by atoms with Crippen molar-refractivity contribution in [2.24, 2.45) is 0 Å². The summed E-state index contributed by atoms with van der Waals surface area (Å²) in [6.07, 6.45) is 0. The molecule has 1 N–H and O–H groups in total. The highest BCUT2D eigenvalue weighted by Gasteiger charge is 2.28. The summed E-state index contributed by atoms with van der Waals surface area (Å²) in [4.78, 5) is 13.6. The number of hydrogen-bond donors (Lipinski definition) is 1. The Labute approximate surface area is 100 Å². The number of likely N-dealkylation sites (N-methyl/N-ethyl adjacent to an activating group) is 1. The predicted molar refractivity (Wildman–Crippen MR) is 66.0 cm³/mol. The van der Waals surface area contributed by atoms with Crippen LogP contribution in [0.2, 0.25) is 0 Å². The van der Waals surface area contributed by atoms with Crippen molar-refractivity contribution < 1.29 is 14.3 Å². The molecular formula is C12H16N2O3. The standard InChI is InChI=1S/C12H16N2O3/c1-7-12(15)13-8-5-10(16-3)11(17-4)6-9(8)14(7)2/h5-7H,1-4H3,(H,13,15). The summed E-state index contributed by atoms with van der Waals surface area (Å²) >= 11 is 0. The topological polar surface area (TPSA) is 50.8 Å². The number of methoxy groups -OCH3 is 2. The van der Waals surface area contributed by atoms with Crippen LogP contribution in [0.15, 0.2) is 12.1 Å². The second kappa shape index (κ2) is 4.16. The van der Waals surface area contributed by atoms with Crippen LogP contribution in [0.3, 0.4) is 0 Å². The Kier molecular flexibility index (Phi) is 2.83. The highest BCUT2D eigenvalue weighted by atomic mass is 16.5. The van der Waals surface area contributed by atoms with E-state index in [9.17, 15) is 4.79 Å². The zero-order chi connectivity index (χ0) is 12.6. The lowest BCUT2D eigenvalue weighted by molar-refractivity contribution is -0.117. The number of hydrogen-bond acceptors (Lipinski definition) is 4. The van der Waals surface area contributed by atoms with Gasteiger partial charge < -0.3 is 19.7 Å². The van der Waals surface area contributed by atoms with Crippen LogP contribution in [0, 0.1) is 0 Å². The van der Waals surface area contributed by atoms with Gasteiger partial charge in [-0.2, -0.15) is 0 Å². The Morgan fingerprint density at radius 1 is 1.24 bits per heavy atom. The van der Waals surface area contributed by atoms with E-state index in [0.717, 1.165) is 11.4 Å². The Morgan fingerprint density at radius 3 is 2.41 bits per heavy atom. The number of rotatable bonds is 2. The van der Waals surface area contributed by atoms with Gasteiger partial charge in [-0.15, -0.1) is 0 Å². The molecule has 1 amide bonds. The minimum atomic E-state index is -0.194. The van der Waals surface area contributed by atoms with Gasteiger partial charge in [0.05, 0.1) is 25.6 Å². The van der Waals surface area contributed by atoms with Gasteiger partial charge in [-0.05, 0) is 6.92 Å². The van der Waals surface area contributed by atoms with E-state index in [1.165, 1.54) is 0 Å². The molecule has 0 bridgehead atoms. The van der Waals surface area contributed by atoms with Crippen molar-refractivity contribution in [1.29, 1.82) is 0 Å². The van der Waals surface area contributed by atoms with Gasteiger partial charge in [-0.3, -0.25) is 4.79 Å². The van der Waals surface area contributed by atoms with Gasteiger partial charge >= 0.3 is 0 Å². The van der Waals surface area contributed by atoms with Crippen LogP contribution >= 0.6 is 0 Å². The van der Waals surface area contributed by atoms with E-state index in [0.29, 0.717) is 11.5 Å². The molecule has 0 spiro atoms. The molecule has 1 atom stereocenters. The molecule has 1 heterocycles. The average Bonchev–Trinajstić information content (AvgIpc) is 2.34. The fraction of sp³-hybridized carbons (Fsp3) is 0.417. The maximum atomic E-state index is 11.7. The maximum absolute atomic E-state index is 11.7. The zero-order valence-electron chi connectivity index (χ0n) is 10.4. The number of ether oxygens (including phenoxy) is 2. The second-order valence-corrected chi connectivity index (χ2v) is 4.00. The Hall–Kier alpha value is -1.91. The third-order valence-electron chi connectivity index (χ3n) is 3.10. The van der Waals surface area contributed by atoms with E-state index in [2.05, 4.69) is 5.32 Å². The van der Waals surface area contributed by atoms with Crippen LogP contribution in [0.25, 0.3) is 0 Å². The van der Waals surface area contributed by atoms with Crippen molar-refractivity contribution in [3.8, 4) is 11.5 Å². The molecule has 5 heteroatoms. The molecule has 0 saturated heterocycles. The van der Waals surface area contributed by atoms with E-state index in [1.807, 2.05) is 24.9 Å². The van der Waals surface area contributed by atoms with E-state index in [4.69, 9.17) is 9.47 Å². The monoisotopic (exact) mass is 236 g/mol. The number of nitrogens with zero attached hydrogens (tertiary/aromatic N) is 1. The molecule has 1 aliphatic rings. The predicted octanol–water partition coefficient (Wildman–Crippen LogP) is 1.48.